The van der Waals surface area contributed by atoms with E-state index in [4.69, 9.17) is 21.4 Å². The number of ether oxygens (including phenoxy) is 1. The Morgan fingerprint density at radius 2 is 2.12 bits per heavy atom. The van der Waals surface area contributed by atoms with Gasteiger partial charge in [0.15, 0.2) is 0 Å². The standard InChI is InChI=1S/C12H12ClNO3/c13-10-8(11(15)16)2-1-3-9(10)14-4-12(5-14)6-17-7-12/h1-3H,4-7H2,(H,15,16). The highest BCUT2D eigenvalue weighted by molar-refractivity contribution is 6.36. The van der Waals surface area contributed by atoms with Gasteiger partial charge in [-0.3, -0.25) is 0 Å². The van der Waals surface area contributed by atoms with E-state index in [1.807, 2.05) is 6.07 Å². The smallest absolute Gasteiger partial charge is 0.337 e. The van der Waals surface area contributed by atoms with Gasteiger partial charge in [0.05, 0.1) is 34.9 Å². The van der Waals surface area contributed by atoms with Crippen molar-refractivity contribution in [1.82, 2.24) is 0 Å². The second-order valence-electron chi connectivity index (χ2n) is 4.79. The summed E-state index contributed by atoms with van der Waals surface area (Å²) in [5.41, 5.74) is 1.27. The minimum absolute atomic E-state index is 0.162. The first-order valence-electron chi connectivity index (χ1n) is 5.46. The Balaban J connectivity index is 1.84. The monoisotopic (exact) mass is 253 g/mol. The van der Waals surface area contributed by atoms with E-state index in [9.17, 15) is 4.79 Å². The number of aromatic carboxylic acids is 1. The van der Waals surface area contributed by atoms with Crippen LogP contribution in [0.25, 0.3) is 0 Å². The number of anilines is 1. The highest BCUT2D eigenvalue weighted by Crippen LogP contribution is 2.42. The Morgan fingerprint density at radius 3 is 2.65 bits per heavy atom. The molecular formula is C12H12ClNO3. The van der Waals surface area contributed by atoms with E-state index >= 15 is 0 Å². The zero-order chi connectivity index (χ0) is 12.0. The quantitative estimate of drug-likeness (QED) is 0.874. The molecule has 1 aromatic rings. The van der Waals surface area contributed by atoms with Crippen LogP contribution in [0, 0.1) is 5.41 Å². The number of carboxylic acids is 1. The van der Waals surface area contributed by atoms with Crippen LogP contribution in [0.15, 0.2) is 18.2 Å². The lowest BCUT2D eigenvalue weighted by molar-refractivity contribution is -0.127. The molecule has 1 aromatic carbocycles. The van der Waals surface area contributed by atoms with Crippen LogP contribution in [0.3, 0.4) is 0 Å². The van der Waals surface area contributed by atoms with Gasteiger partial charge in [-0.15, -0.1) is 0 Å². The first-order chi connectivity index (χ1) is 8.11. The van der Waals surface area contributed by atoms with E-state index in [1.54, 1.807) is 6.07 Å². The van der Waals surface area contributed by atoms with E-state index < -0.39 is 5.97 Å². The highest BCUT2D eigenvalue weighted by atomic mass is 35.5. The van der Waals surface area contributed by atoms with Crippen LogP contribution < -0.4 is 4.90 Å². The van der Waals surface area contributed by atoms with Crippen LogP contribution in [0.5, 0.6) is 0 Å². The third kappa shape index (κ3) is 1.59. The minimum atomic E-state index is -0.987. The molecule has 17 heavy (non-hydrogen) atoms. The fourth-order valence-corrected chi connectivity index (χ4v) is 2.76. The molecule has 2 aliphatic rings. The second kappa shape index (κ2) is 3.62. The van der Waals surface area contributed by atoms with Gasteiger partial charge >= 0.3 is 5.97 Å². The molecule has 0 amide bonds. The van der Waals surface area contributed by atoms with Gasteiger partial charge in [-0.2, -0.15) is 0 Å². The average molecular weight is 254 g/mol. The molecule has 0 atom stereocenters. The van der Waals surface area contributed by atoms with Crippen molar-refractivity contribution in [3.63, 3.8) is 0 Å². The van der Waals surface area contributed by atoms with E-state index in [-0.39, 0.29) is 5.56 Å². The molecule has 2 fully saturated rings. The molecule has 4 nitrogen and oxygen atoms in total. The van der Waals surface area contributed by atoms with Crippen molar-refractivity contribution >= 4 is 23.3 Å². The number of carbonyl (C=O) groups is 1. The maximum atomic E-state index is 11.0. The molecule has 0 unspecified atom stereocenters. The van der Waals surface area contributed by atoms with E-state index in [0.29, 0.717) is 10.4 Å². The number of hydrogen-bond acceptors (Lipinski definition) is 3. The summed E-state index contributed by atoms with van der Waals surface area (Å²) in [6.07, 6.45) is 0. The van der Waals surface area contributed by atoms with Crippen molar-refractivity contribution in [2.24, 2.45) is 5.41 Å². The number of halogens is 1. The molecule has 90 valence electrons. The summed E-state index contributed by atoms with van der Waals surface area (Å²) in [5, 5.41) is 9.33. The average Bonchev–Trinajstić information content (AvgIpc) is 2.15. The molecule has 2 saturated heterocycles. The molecule has 0 aliphatic carbocycles. The highest BCUT2D eigenvalue weighted by Gasteiger charge is 2.49. The van der Waals surface area contributed by atoms with Gasteiger partial charge in [0.2, 0.25) is 0 Å². The lowest BCUT2D eigenvalue weighted by Crippen LogP contribution is -2.66. The zero-order valence-electron chi connectivity index (χ0n) is 9.15. The van der Waals surface area contributed by atoms with Crippen LogP contribution in [0.4, 0.5) is 5.69 Å². The van der Waals surface area contributed by atoms with E-state index in [1.165, 1.54) is 6.07 Å². The lowest BCUT2D eigenvalue weighted by atomic mass is 9.77. The predicted molar refractivity (Wildman–Crippen MR) is 63.9 cm³/mol. The van der Waals surface area contributed by atoms with Gasteiger partial charge in [0.1, 0.15) is 0 Å². The molecular weight excluding hydrogens is 242 g/mol. The van der Waals surface area contributed by atoms with Gasteiger partial charge in [0.25, 0.3) is 0 Å². The largest absolute Gasteiger partial charge is 0.478 e. The van der Waals surface area contributed by atoms with Gasteiger partial charge in [-0.1, -0.05) is 17.7 Å². The SMILES string of the molecule is O=C(O)c1cccc(N2CC3(COC3)C2)c1Cl. The maximum Gasteiger partial charge on any atom is 0.337 e. The number of nitrogens with zero attached hydrogens (tertiary/aromatic N) is 1. The van der Waals surface area contributed by atoms with Gasteiger partial charge in [-0.05, 0) is 12.1 Å². The van der Waals surface area contributed by atoms with Gasteiger partial charge in [-0.25, -0.2) is 4.79 Å². The van der Waals surface area contributed by atoms with Crippen molar-refractivity contribution in [1.29, 1.82) is 0 Å². The van der Waals surface area contributed by atoms with Crippen molar-refractivity contribution in [2.45, 2.75) is 0 Å². The van der Waals surface area contributed by atoms with Gasteiger partial charge in [0, 0.05) is 13.1 Å². The topological polar surface area (TPSA) is 49.8 Å². The zero-order valence-corrected chi connectivity index (χ0v) is 9.91. The normalized spacial score (nSPS) is 20.9. The summed E-state index contributed by atoms with van der Waals surface area (Å²) in [5.74, 6) is -0.987. The summed E-state index contributed by atoms with van der Waals surface area (Å²) in [6.45, 7) is 3.41. The first kappa shape index (κ1) is 10.9. The lowest BCUT2D eigenvalue weighted by Gasteiger charge is -2.56. The number of carboxylic acid groups (broad SMARTS) is 1. The number of hydrogen-bond donors (Lipinski definition) is 1. The molecule has 0 bridgehead atoms. The summed E-state index contributed by atoms with van der Waals surface area (Å²) >= 11 is 6.11. The summed E-state index contributed by atoms with van der Waals surface area (Å²) in [4.78, 5) is 13.1. The molecule has 0 radical (unpaired) electrons. The van der Waals surface area contributed by atoms with Crippen molar-refractivity contribution in [2.75, 3.05) is 31.2 Å². The number of benzene rings is 1. The van der Waals surface area contributed by atoms with Crippen LogP contribution in [0.2, 0.25) is 5.02 Å². The number of rotatable bonds is 2. The van der Waals surface area contributed by atoms with Crippen LogP contribution >= 0.6 is 11.6 Å². The molecule has 0 saturated carbocycles. The Morgan fingerprint density at radius 1 is 1.41 bits per heavy atom. The molecule has 2 heterocycles. The molecule has 1 N–H and O–H groups in total. The van der Waals surface area contributed by atoms with E-state index in [0.717, 1.165) is 32.0 Å². The third-order valence-electron chi connectivity index (χ3n) is 3.42. The molecule has 3 rings (SSSR count). The van der Waals surface area contributed by atoms with Crippen LogP contribution in [-0.2, 0) is 4.74 Å². The first-order valence-corrected chi connectivity index (χ1v) is 5.84. The molecule has 5 heteroatoms. The Bertz CT molecular complexity index is 477. The van der Waals surface area contributed by atoms with Crippen LogP contribution in [0.1, 0.15) is 10.4 Å². The molecule has 1 spiro atoms. The van der Waals surface area contributed by atoms with Crippen molar-refractivity contribution < 1.29 is 14.6 Å². The van der Waals surface area contributed by atoms with Crippen molar-refractivity contribution in [3.8, 4) is 0 Å². The third-order valence-corrected chi connectivity index (χ3v) is 3.82. The fourth-order valence-electron chi connectivity index (χ4n) is 2.44. The predicted octanol–water partition coefficient (Wildman–Crippen LogP) is 1.87. The summed E-state index contributed by atoms with van der Waals surface area (Å²) in [7, 11) is 0. The molecule has 0 aromatic heterocycles. The summed E-state index contributed by atoms with van der Waals surface area (Å²) < 4.78 is 5.20. The summed E-state index contributed by atoms with van der Waals surface area (Å²) in [6, 6.07) is 5.12. The van der Waals surface area contributed by atoms with E-state index in [2.05, 4.69) is 4.90 Å². The molecule has 2 aliphatic heterocycles. The second-order valence-corrected chi connectivity index (χ2v) is 5.17. The van der Waals surface area contributed by atoms with Crippen molar-refractivity contribution in [3.05, 3.63) is 28.8 Å². The fraction of sp³-hybridized carbons (Fsp3) is 0.417. The Hall–Kier alpha value is -1.26. The Kier molecular flexibility index (Phi) is 2.31. The Labute approximate surface area is 104 Å². The van der Waals surface area contributed by atoms with Crippen LogP contribution in [-0.4, -0.2) is 37.4 Å². The minimum Gasteiger partial charge on any atom is -0.478 e. The maximum absolute atomic E-state index is 11.0. The van der Waals surface area contributed by atoms with Gasteiger partial charge < -0.3 is 14.7 Å².